The molecule has 0 saturated heterocycles. The van der Waals surface area contributed by atoms with E-state index in [1.807, 2.05) is 37.3 Å². The van der Waals surface area contributed by atoms with Crippen molar-refractivity contribution in [2.75, 3.05) is 5.32 Å². The number of benzene rings is 2. The van der Waals surface area contributed by atoms with Crippen molar-refractivity contribution in [3.63, 3.8) is 0 Å². The molecular weight excluding hydrogens is 286 g/mol. The predicted molar refractivity (Wildman–Crippen MR) is 95.1 cm³/mol. The van der Waals surface area contributed by atoms with Crippen LogP contribution >= 0.6 is 0 Å². The molecule has 0 atom stereocenters. The van der Waals surface area contributed by atoms with Gasteiger partial charge in [0.2, 0.25) is 0 Å². The highest BCUT2D eigenvalue weighted by Gasteiger charge is 2.13. The lowest BCUT2D eigenvalue weighted by molar-refractivity contribution is 0.104. The van der Waals surface area contributed by atoms with Gasteiger partial charge in [-0.15, -0.1) is 0 Å². The van der Waals surface area contributed by atoms with Gasteiger partial charge in [-0.3, -0.25) is 4.79 Å². The number of phenols is 1. The second-order valence-electron chi connectivity index (χ2n) is 6.69. The molecule has 0 spiro atoms. The van der Waals surface area contributed by atoms with Gasteiger partial charge >= 0.3 is 0 Å². The standard InChI is InChI=1S/C20H23NO2/c1-14-5-10-17(19(23)13-14)21-12-11-18(22)15-6-8-16(9-7-15)20(2,3)4/h5-13,21,23H,1-4H3. The molecule has 0 aliphatic heterocycles. The van der Waals surface area contributed by atoms with Gasteiger partial charge in [0, 0.05) is 17.8 Å². The van der Waals surface area contributed by atoms with E-state index in [0.717, 1.165) is 5.56 Å². The Labute approximate surface area is 137 Å². The zero-order valence-corrected chi connectivity index (χ0v) is 14.1. The molecule has 3 heteroatoms. The van der Waals surface area contributed by atoms with Crippen molar-refractivity contribution < 1.29 is 9.90 Å². The van der Waals surface area contributed by atoms with E-state index >= 15 is 0 Å². The fraction of sp³-hybridized carbons (Fsp3) is 0.250. The number of allylic oxidation sites excluding steroid dienone is 1. The van der Waals surface area contributed by atoms with Crippen LogP contribution < -0.4 is 5.32 Å². The summed E-state index contributed by atoms with van der Waals surface area (Å²) in [7, 11) is 0. The Morgan fingerprint density at radius 1 is 1.09 bits per heavy atom. The van der Waals surface area contributed by atoms with E-state index in [-0.39, 0.29) is 16.9 Å². The van der Waals surface area contributed by atoms with Crippen LogP contribution in [-0.2, 0) is 5.41 Å². The Bertz CT molecular complexity index is 722. The van der Waals surface area contributed by atoms with Gasteiger partial charge < -0.3 is 10.4 Å². The summed E-state index contributed by atoms with van der Waals surface area (Å²) in [6.45, 7) is 8.33. The van der Waals surface area contributed by atoms with E-state index in [0.29, 0.717) is 11.3 Å². The first-order valence-corrected chi connectivity index (χ1v) is 7.65. The van der Waals surface area contributed by atoms with Gasteiger partial charge in [0.05, 0.1) is 5.69 Å². The minimum Gasteiger partial charge on any atom is -0.506 e. The van der Waals surface area contributed by atoms with Crippen LogP contribution in [0.1, 0.15) is 42.3 Å². The number of hydrogen-bond acceptors (Lipinski definition) is 3. The Balaban J connectivity index is 2.04. The van der Waals surface area contributed by atoms with Gasteiger partial charge in [0.1, 0.15) is 5.75 Å². The zero-order valence-electron chi connectivity index (χ0n) is 14.1. The van der Waals surface area contributed by atoms with E-state index in [1.54, 1.807) is 18.3 Å². The van der Waals surface area contributed by atoms with Crippen molar-refractivity contribution in [1.29, 1.82) is 0 Å². The average Bonchev–Trinajstić information content (AvgIpc) is 2.48. The van der Waals surface area contributed by atoms with Crippen LogP contribution in [0.15, 0.2) is 54.7 Å². The summed E-state index contributed by atoms with van der Waals surface area (Å²) in [5.74, 6) is 0.0844. The summed E-state index contributed by atoms with van der Waals surface area (Å²) in [5.41, 5.74) is 3.46. The molecule has 0 aromatic heterocycles. The third-order valence-electron chi connectivity index (χ3n) is 3.66. The summed E-state index contributed by atoms with van der Waals surface area (Å²) in [6, 6.07) is 13.0. The number of rotatable bonds is 4. The van der Waals surface area contributed by atoms with Crippen LogP contribution in [0.2, 0.25) is 0 Å². The molecule has 0 bridgehead atoms. The third kappa shape index (κ3) is 4.46. The molecule has 2 aromatic carbocycles. The maximum absolute atomic E-state index is 12.1. The fourth-order valence-corrected chi connectivity index (χ4v) is 2.20. The van der Waals surface area contributed by atoms with Gasteiger partial charge in [0.15, 0.2) is 5.78 Å². The van der Waals surface area contributed by atoms with Crippen LogP contribution in [-0.4, -0.2) is 10.9 Å². The second kappa shape index (κ2) is 6.69. The topological polar surface area (TPSA) is 49.3 Å². The smallest absolute Gasteiger partial charge is 0.187 e. The highest BCUT2D eigenvalue weighted by molar-refractivity contribution is 6.04. The molecule has 0 aliphatic rings. The summed E-state index contributed by atoms with van der Waals surface area (Å²) in [6.07, 6.45) is 3.01. The van der Waals surface area contributed by atoms with Crippen LogP contribution in [0, 0.1) is 6.92 Å². The van der Waals surface area contributed by atoms with Gasteiger partial charge in [-0.2, -0.15) is 0 Å². The van der Waals surface area contributed by atoms with E-state index in [2.05, 4.69) is 26.1 Å². The second-order valence-corrected chi connectivity index (χ2v) is 6.69. The van der Waals surface area contributed by atoms with Crippen LogP contribution in [0.5, 0.6) is 5.75 Å². The van der Waals surface area contributed by atoms with Crippen molar-refractivity contribution in [2.45, 2.75) is 33.1 Å². The Kier molecular flexibility index (Phi) is 4.89. The van der Waals surface area contributed by atoms with Crippen molar-refractivity contribution >= 4 is 11.5 Å². The number of anilines is 1. The lowest BCUT2D eigenvalue weighted by Gasteiger charge is -2.18. The number of aromatic hydroxyl groups is 1. The molecule has 0 amide bonds. The molecular formula is C20H23NO2. The molecule has 2 aromatic rings. The molecule has 3 nitrogen and oxygen atoms in total. The van der Waals surface area contributed by atoms with Crippen LogP contribution in [0.3, 0.4) is 0 Å². The summed E-state index contributed by atoms with van der Waals surface area (Å²) >= 11 is 0. The molecule has 0 unspecified atom stereocenters. The fourth-order valence-electron chi connectivity index (χ4n) is 2.20. The molecule has 2 rings (SSSR count). The molecule has 0 radical (unpaired) electrons. The first-order valence-electron chi connectivity index (χ1n) is 7.65. The first kappa shape index (κ1) is 16.8. The van der Waals surface area contributed by atoms with Crippen molar-refractivity contribution in [2.24, 2.45) is 0 Å². The minimum absolute atomic E-state index is 0.0714. The average molecular weight is 309 g/mol. The molecule has 0 aliphatic carbocycles. The van der Waals surface area contributed by atoms with E-state index in [1.165, 1.54) is 11.6 Å². The highest BCUT2D eigenvalue weighted by atomic mass is 16.3. The van der Waals surface area contributed by atoms with E-state index < -0.39 is 0 Å². The van der Waals surface area contributed by atoms with Gasteiger partial charge in [-0.25, -0.2) is 0 Å². The molecule has 23 heavy (non-hydrogen) atoms. The predicted octanol–water partition coefficient (Wildman–Crippen LogP) is 4.81. The summed E-state index contributed by atoms with van der Waals surface area (Å²) < 4.78 is 0. The summed E-state index contributed by atoms with van der Waals surface area (Å²) in [4.78, 5) is 12.1. The van der Waals surface area contributed by atoms with E-state index in [9.17, 15) is 9.90 Å². The zero-order chi connectivity index (χ0) is 17.0. The van der Waals surface area contributed by atoms with Gasteiger partial charge in [0.25, 0.3) is 0 Å². The van der Waals surface area contributed by atoms with Crippen molar-refractivity contribution in [3.8, 4) is 5.75 Å². The number of hydrogen-bond donors (Lipinski definition) is 2. The first-order chi connectivity index (χ1) is 10.8. The SMILES string of the molecule is Cc1ccc(NC=CC(=O)c2ccc(C(C)(C)C)cc2)c(O)c1. The molecule has 2 N–H and O–H groups in total. The van der Waals surface area contributed by atoms with Gasteiger partial charge in [-0.05, 0) is 35.6 Å². The monoisotopic (exact) mass is 309 g/mol. The maximum atomic E-state index is 12.1. The Morgan fingerprint density at radius 2 is 1.74 bits per heavy atom. The van der Waals surface area contributed by atoms with Crippen molar-refractivity contribution in [1.82, 2.24) is 0 Å². The lowest BCUT2D eigenvalue weighted by Crippen LogP contribution is -2.11. The third-order valence-corrected chi connectivity index (χ3v) is 3.66. The molecule has 120 valence electrons. The number of aryl methyl sites for hydroxylation is 1. The largest absolute Gasteiger partial charge is 0.506 e. The molecule has 0 heterocycles. The quantitative estimate of drug-likeness (QED) is 0.484. The highest BCUT2D eigenvalue weighted by Crippen LogP contribution is 2.24. The number of nitrogens with one attached hydrogen (secondary N) is 1. The number of carbonyl (C=O) groups excluding carboxylic acids is 1. The molecule has 0 fully saturated rings. The number of carbonyl (C=O) groups is 1. The Morgan fingerprint density at radius 3 is 2.30 bits per heavy atom. The Hall–Kier alpha value is -2.55. The van der Waals surface area contributed by atoms with Gasteiger partial charge in [-0.1, -0.05) is 51.1 Å². The minimum atomic E-state index is -0.0791. The van der Waals surface area contributed by atoms with E-state index in [4.69, 9.17) is 0 Å². The van der Waals surface area contributed by atoms with Crippen LogP contribution in [0.25, 0.3) is 0 Å². The lowest BCUT2D eigenvalue weighted by atomic mass is 9.86. The maximum Gasteiger partial charge on any atom is 0.187 e. The van der Waals surface area contributed by atoms with Crippen molar-refractivity contribution in [3.05, 3.63) is 71.4 Å². The van der Waals surface area contributed by atoms with Crippen LogP contribution in [0.4, 0.5) is 5.69 Å². The normalized spacial score (nSPS) is 11.7. The number of phenolic OH excluding ortho intramolecular Hbond substituents is 1. The summed E-state index contributed by atoms with van der Waals surface area (Å²) in [5, 5.41) is 12.7. The number of ketones is 1. The molecule has 0 saturated carbocycles.